The van der Waals surface area contributed by atoms with Crippen LogP contribution in [0, 0.1) is 20.8 Å². The molecule has 0 saturated heterocycles. The molecule has 0 aliphatic heterocycles. The minimum Gasteiger partial charge on any atom is -0.309 e. The highest BCUT2D eigenvalue weighted by atomic mass is 79.9. The number of nitrogens with zero attached hydrogens (tertiary/aromatic N) is 6. The molecule has 0 bridgehead atoms. The number of aromatic amines is 3. The zero-order chi connectivity index (χ0) is 41.6. The van der Waals surface area contributed by atoms with Gasteiger partial charge in [-0.05, 0) is 61.2 Å². The van der Waals surface area contributed by atoms with Gasteiger partial charge in [-0.25, -0.2) is 38.3 Å². The van der Waals surface area contributed by atoms with E-state index in [2.05, 4.69) is 60.8 Å². The van der Waals surface area contributed by atoms with Crippen molar-refractivity contribution < 1.29 is 47.9 Å². The second-order valence-electron chi connectivity index (χ2n) is 11.0. The van der Waals surface area contributed by atoms with Gasteiger partial charge in [-0.2, -0.15) is 39.5 Å². The Morgan fingerprint density at radius 1 is 0.582 bits per heavy atom. The molecule has 6 rings (SSSR count). The van der Waals surface area contributed by atoms with Crippen molar-refractivity contribution in [2.45, 2.75) is 49.4 Å². The van der Waals surface area contributed by atoms with E-state index in [4.69, 9.17) is 0 Å². The number of pyridine rings is 3. The highest BCUT2D eigenvalue weighted by Gasteiger charge is 2.38. The van der Waals surface area contributed by atoms with Gasteiger partial charge >= 0.3 is 18.5 Å². The number of rotatable bonds is 2. The van der Waals surface area contributed by atoms with Crippen LogP contribution in [0.1, 0.15) is 34.2 Å². The number of fused-ring (bicyclic) bond motifs is 3. The van der Waals surface area contributed by atoms with E-state index in [0.717, 1.165) is 23.9 Å². The monoisotopic (exact) mass is 889 g/mol. The summed E-state index contributed by atoms with van der Waals surface area (Å²) in [5.74, 6) is 0.587. The van der Waals surface area contributed by atoms with Gasteiger partial charge in [-0.1, -0.05) is 0 Å². The van der Waals surface area contributed by atoms with Crippen LogP contribution >= 0.6 is 27.7 Å². The van der Waals surface area contributed by atoms with Crippen LogP contribution < -0.4 is 16.7 Å². The number of thioether (sulfide) groups is 1. The van der Waals surface area contributed by atoms with Gasteiger partial charge in [0.2, 0.25) is 0 Å². The lowest BCUT2D eigenvalue weighted by atomic mass is 10.2. The van der Waals surface area contributed by atoms with Crippen molar-refractivity contribution in [3.8, 4) is 0 Å². The molecule has 0 aliphatic rings. The number of aromatic nitrogens is 9. The van der Waals surface area contributed by atoms with Gasteiger partial charge in [-0.3, -0.25) is 14.4 Å². The molecule has 0 unspecified atom stereocenters. The molecule has 6 heterocycles. The van der Waals surface area contributed by atoms with Crippen molar-refractivity contribution >= 4 is 70.6 Å². The summed E-state index contributed by atoms with van der Waals surface area (Å²) >= 11 is 3.53. The van der Waals surface area contributed by atoms with Gasteiger partial charge in [-0.15, -0.1) is 11.8 Å². The SMILES string of the molecule is CSc1nc2c(=O)[nH]c(C)nc2cc1C(F)(F)F.Cc1nc2cc(C(F)(F)F)c(Br)nc2c(=O)[nH]1.Cc1nc2cc(C(F)(F)F)c(S(C)(=O)=O)nc2c(=O)[nH]1. The summed E-state index contributed by atoms with van der Waals surface area (Å²) in [6.45, 7) is 4.37. The number of aryl methyl sites for hydroxylation is 3. The molecule has 294 valence electrons. The van der Waals surface area contributed by atoms with E-state index in [1.807, 2.05) is 0 Å². The van der Waals surface area contributed by atoms with Crippen molar-refractivity contribution in [3.05, 3.63) is 88.0 Å². The fraction of sp³-hybridized carbons (Fsp3) is 0.276. The molecule has 6 aromatic rings. The number of hydrogen-bond donors (Lipinski definition) is 3. The largest absolute Gasteiger partial charge is 0.419 e. The van der Waals surface area contributed by atoms with Crippen LogP contribution in [-0.2, 0) is 28.4 Å². The molecule has 0 fully saturated rings. The number of nitrogens with one attached hydrogen (secondary N) is 3. The van der Waals surface area contributed by atoms with Crippen molar-refractivity contribution in [3.63, 3.8) is 0 Å². The molecule has 6 aromatic heterocycles. The van der Waals surface area contributed by atoms with E-state index in [9.17, 15) is 62.3 Å². The average molecular weight is 891 g/mol. The van der Waals surface area contributed by atoms with Crippen molar-refractivity contribution in [1.29, 1.82) is 0 Å². The number of halogens is 10. The van der Waals surface area contributed by atoms with E-state index >= 15 is 0 Å². The van der Waals surface area contributed by atoms with Crippen LogP contribution in [0.4, 0.5) is 39.5 Å². The lowest BCUT2D eigenvalue weighted by Gasteiger charge is -2.11. The van der Waals surface area contributed by atoms with E-state index in [-0.39, 0.29) is 50.1 Å². The predicted octanol–water partition coefficient (Wildman–Crippen LogP) is 5.82. The molecule has 0 radical (unpaired) electrons. The van der Waals surface area contributed by atoms with Gasteiger partial charge in [0.05, 0.1) is 33.2 Å². The third-order valence-corrected chi connectivity index (χ3v) is 9.06. The maximum absolute atomic E-state index is 12.9. The zero-order valence-electron chi connectivity index (χ0n) is 28.1. The number of sulfone groups is 1. The summed E-state index contributed by atoms with van der Waals surface area (Å²) in [5, 5.41) is -1.42. The van der Waals surface area contributed by atoms with Crippen LogP contribution in [0.25, 0.3) is 33.1 Å². The molecule has 0 atom stereocenters. The summed E-state index contributed by atoms with van der Waals surface area (Å²) < 4.78 is 137. The molecule has 0 aliphatic carbocycles. The Labute approximate surface area is 312 Å². The topological polar surface area (TPSA) is 210 Å². The molecule has 0 aromatic carbocycles. The molecule has 0 amide bonds. The quantitative estimate of drug-likeness (QED) is 0.107. The fourth-order valence-electron chi connectivity index (χ4n) is 4.55. The highest BCUT2D eigenvalue weighted by molar-refractivity contribution is 9.10. The maximum atomic E-state index is 12.9. The van der Waals surface area contributed by atoms with Gasteiger partial charge in [0, 0.05) is 6.26 Å². The molecular weight excluding hydrogens is 869 g/mol. The van der Waals surface area contributed by atoms with Gasteiger partial charge in [0.15, 0.2) is 31.4 Å². The first-order valence-corrected chi connectivity index (χ1v) is 18.4. The fourth-order valence-corrected chi connectivity index (χ4v) is 6.47. The van der Waals surface area contributed by atoms with Crippen molar-refractivity contribution in [2.75, 3.05) is 12.5 Å². The van der Waals surface area contributed by atoms with Crippen LogP contribution in [0.3, 0.4) is 0 Å². The molecule has 0 saturated carbocycles. The lowest BCUT2D eigenvalue weighted by Crippen LogP contribution is -2.18. The Balaban J connectivity index is 0.000000184. The molecule has 14 nitrogen and oxygen atoms in total. The number of H-pyrrole nitrogens is 3. The van der Waals surface area contributed by atoms with E-state index in [0.29, 0.717) is 12.3 Å². The standard InChI is InChI=1S/C10H8F3N3O3S.C10H8F3N3OS.C9H5BrF3N3O/c1-4-14-6-3-5(10(11,12)13)9(20(2,18)19)16-7(6)8(17)15-4;1-4-14-6-3-5(10(11,12)13)9(18-2)16-7(6)8(17)15-4;1-3-14-5-2-4(9(11,12)13)7(10)16-6(5)8(17)15-3/h3H,1-2H3,(H,14,15,17);3H,1-2H3,(H,14,15,17);2H,1H3,(H,14,15,17). The van der Waals surface area contributed by atoms with Gasteiger partial charge in [0.1, 0.15) is 27.1 Å². The third kappa shape index (κ3) is 9.83. The molecule has 26 heteroatoms. The summed E-state index contributed by atoms with van der Waals surface area (Å²) in [6.07, 6.45) is -11.9. The molecular formula is C29H21BrF9N9O5S2. The number of hydrogen-bond acceptors (Lipinski definition) is 12. The minimum atomic E-state index is -4.92. The summed E-state index contributed by atoms with van der Waals surface area (Å²) in [6, 6.07) is 2.17. The Hall–Kier alpha value is -4.98. The molecule has 3 N–H and O–H groups in total. The smallest absolute Gasteiger partial charge is 0.309 e. The van der Waals surface area contributed by atoms with Gasteiger partial charge in [0.25, 0.3) is 16.7 Å². The zero-order valence-corrected chi connectivity index (χ0v) is 31.3. The first-order chi connectivity index (χ1) is 25.1. The third-order valence-electron chi connectivity index (χ3n) is 6.74. The highest BCUT2D eigenvalue weighted by Crippen LogP contribution is 2.37. The molecule has 55 heavy (non-hydrogen) atoms. The van der Waals surface area contributed by atoms with Gasteiger partial charge < -0.3 is 15.0 Å². The summed E-state index contributed by atoms with van der Waals surface area (Å²) in [5.41, 5.74) is -6.30. The molecule has 0 spiro atoms. The summed E-state index contributed by atoms with van der Waals surface area (Å²) in [7, 11) is -4.25. The van der Waals surface area contributed by atoms with Crippen LogP contribution in [-0.4, -0.2) is 65.8 Å². The Bertz CT molecular complexity index is 2770. The summed E-state index contributed by atoms with van der Waals surface area (Å²) in [4.78, 5) is 63.7. The Morgan fingerprint density at radius 3 is 1.29 bits per heavy atom. The number of alkyl halides is 9. The second kappa shape index (κ2) is 15.3. The van der Waals surface area contributed by atoms with Crippen molar-refractivity contribution in [2.24, 2.45) is 0 Å². The van der Waals surface area contributed by atoms with E-state index in [1.165, 1.54) is 27.0 Å². The minimum absolute atomic E-state index is 0.0543. The maximum Gasteiger partial charge on any atom is 0.419 e. The first-order valence-electron chi connectivity index (χ1n) is 14.5. The lowest BCUT2D eigenvalue weighted by molar-refractivity contribution is -0.140. The normalized spacial score (nSPS) is 12.3. The van der Waals surface area contributed by atoms with Crippen molar-refractivity contribution in [1.82, 2.24) is 44.9 Å². The first kappa shape index (κ1) is 42.8. The Morgan fingerprint density at radius 2 is 0.927 bits per heavy atom. The second-order valence-corrected chi connectivity index (χ2v) is 14.5. The van der Waals surface area contributed by atoms with E-state index in [1.54, 1.807) is 0 Å². The van der Waals surface area contributed by atoms with E-state index < -0.39 is 76.9 Å². The van der Waals surface area contributed by atoms with Crippen LogP contribution in [0.2, 0.25) is 0 Å². The van der Waals surface area contributed by atoms with Crippen LogP contribution in [0.5, 0.6) is 0 Å². The average Bonchev–Trinajstić information content (AvgIpc) is 3.02. The van der Waals surface area contributed by atoms with Crippen LogP contribution in [0.15, 0.2) is 47.2 Å². The predicted molar refractivity (Wildman–Crippen MR) is 182 cm³/mol. The Kier molecular flexibility index (Phi) is 11.9.